The largest absolute Gasteiger partial charge is 0.309 e. The average molecular weight is 1020 g/mol. The maximum Gasteiger partial charge on any atom is 0.0562 e. The zero-order valence-electron chi connectivity index (χ0n) is 43.5. The van der Waals surface area contributed by atoms with E-state index in [1.165, 1.54) is 104 Å². The fourth-order valence-electron chi connectivity index (χ4n) is 13.3. The summed E-state index contributed by atoms with van der Waals surface area (Å²) in [6.45, 7) is 0. The van der Waals surface area contributed by atoms with Crippen molar-refractivity contribution >= 4 is 93.3 Å². The fraction of sp³-hybridized carbons (Fsp3) is 0. The summed E-state index contributed by atoms with van der Waals surface area (Å²) in [5, 5.41) is 9.87. The van der Waals surface area contributed by atoms with Crippen molar-refractivity contribution in [1.82, 2.24) is 13.7 Å². The molecule has 4 nitrogen and oxygen atoms in total. The Morgan fingerprint density at radius 1 is 0.200 bits per heavy atom. The number of fused-ring (bicyclic) bond motifs is 11. The van der Waals surface area contributed by atoms with Crippen LogP contribution in [0.5, 0.6) is 0 Å². The summed E-state index contributed by atoms with van der Waals surface area (Å²) in [4.78, 5) is 2.52. The maximum atomic E-state index is 2.52. The number of anilines is 3. The molecular formula is C76H48N4. The summed E-state index contributed by atoms with van der Waals surface area (Å²) in [5.41, 5.74) is 23.5. The Labute approximate surface area is 462 Å². The van der Waals surface area contributed by atoms with Gasteiger partial charge in [-0.25, -0.2) is 0 Å². The van der Waals surface area contributed by atoms with Gasteiger partial charge in [0.2, 0.25) is 0 Å². The number of benzene rings is 13. The van der Waals surface area contributed by atoms with E-state index < -0.39 is 0 Å². The normalized spacial score (nSPS) is 12.2. The van der Waals surface area contributed by atoms with E-state index in [1.54, 1.807) is 0 Å². The zero-order valence-corrected chi connectivity index (χ0v) is 43.5. The Morgan fingerprint density at radius 2 is 0.613 bits per heavy atom. The second-order valence-electron chi connectivity index (χ2n) is 21.3. The van der Waals surface area contributed by atoms with Crippen LogP contribution >= 0.6 is 0 Å². The van der Waals surface area contributed by atoms with E-state index in [-0.39, 0.29) is 0 Å². The third-order valence-electron chi connectivity index (χ3n) is 16.9. The molecule has 0 saturated heterocycles. The van der Waals surface area contributed by atoms with E-state index in [4.69, 9.17) is 0 Å². The van der Waals surface area contributed by atoms with Crippen LogP contribution in [0.2, 0.25) is 0 Å². The van der Waals surface area contributed by atoms with E-state index in [9.17, 15) is 0 Å². The number of hydrogen-bond donors (Lipinski definition) is 0. The Hall–Kier alpha value is -10.7. The third-order valence-corrected chi connectivity index (χ3v) is 16.9. The number of aromatic nitrogens is 3. The van der Waals surface area contributed by atoms with E-state index >= 15 is 0 Å². The Morgan fingerprint density at radius 3 is 1.21 bits per heavy atom. The maximum absolute atomic E-state index is 2.52. The number of para-hydroxylation sites is 4. The fourth-order valence-corrected chi connectivity index (χ4v) is 13.3. The lowest BCUT2D eigenvalue weighted by Gasteiger charge is -2.34. The summed E-state index contributed by atoms with van der Waals surface area (Å²) in [6, 6.07) is 108. The molecule has 0 radical (unpaired) electrons. The molecule has 13 aromatic carbocycles. The van der Waals surface area contributed by atoms with E-state index in [0.717, 1.165) is 50.6 Å². The highest BCUT2D eigenvalue weighted by Crippen LogP contribution is 2.54. The SMILES string of the molecule is c1ccc(-c2ccc3c(c2)c2cc4c(cc2n3-c2cccc(-c3ccc5c(c3)c3ccccc3n5-c3ccccc3)c2)N(c2cccc(-c3ccc5c(c3)c3ccccc3n5-c3ccccc3)c2)c2cccc3cccc-4c23)cc1. The van der Waals surface area contributed by atoms with Gasteiger partial charge in [0.05, 0.1) is 44.5 Å². The highest BCUT2D eigenvalue weighted by atomic mass is 15.2. The van der Waals surface area contributed by atoms with Crippen LogP contribution in [0.15, 0.2) is 291 Å². The first-order valence-corrected chi connectivity index (χ1v) is 27.6. The van der Waals surface area contributed by atoms with Crippen LogP contribution in [0, 0.1) is 0 Å². The van der Waals surface area contributed by atoms with E-state index in [2.05, 4.69) is 310 Å². The summed E-state index contributed by atoms with van der Waals surface area (Å²) in [6.07, 6.45) is 0. The van der Waals surface area contributed by atoms with Gasteiger partial charge in [0, 0.05) is 66.0 Å². The molecule has 0 atom stereocenters. The van der Waals surface area contributed by atoms with Gasteiger partial charge in [-0.3, -0.25) is 0 Å². The van der Waals surface area contributed by atoms with Crippen LogP contribution in [0.1, 0.15) is 0 Å². The van der Waals surface area contributed by atoms with Gasteiger partial charge in [-0.05, 0) is 160 Å². The zero-order chi connectivity index (χ0) is 52.4. The molecule has 0 fully saturated rings. The smallest absolute Gasteiger partial charge is 0.0562 e. The lowest BCUT2D eigenvalue weighted by molar-refractivity contribution is 1.18. The topological polar surface area (TPSA) is 18.0 Å². The molecule has 0 amide bonds. The first-order chi connectivity index (χ1) is 39.7. The van der Waals surface area contributed by atoms with Gasteiger partial charge in [0.25, 0.3) is 0 Å². The molecule has 4 heterocycles. The van der Waals surface area contributed by atoms with Gasteiger partial charge in [-0.2, -0.15) is 0 Å². The van der Waals surface area contributed by atoms with Crippen molar-refractivity contribution in [2.24, 2.45) is 0 Å². The van der Waals surface area contributed by atoms with Crippen LogP contribution < -0.4 is 4.90 Å². The molecule has 0 N–H and O–H groups in total. The van der Waals surface area contributed by atoms with Crippen molar-refractivity contribution in [3.8, 4) is 61.6 Å². The molecule has 16 aromatic rings. The summed E-state index contributed by atoms with van der Waals surface area (Å²) in [5.74, 6) is 0. The quantitative estimate of drug-likeness (QED) is 0.156. The minimum atomic E-state index is 1.11. The van der Waals surface area contributed by atoms with Gasteiger partial charge in [0.15, 0.2) is 0 Å². The number of rotatable bonds is 7. The van der Waals surface area contributed by atoms with Gasteiger partial charge < -0.3 is 18.6 Å². The lowest BCUT2D eigenvalue weighted by atomic mass is 9.89. The first kappa shape index (κ1) is 44.4. The Bertz CT molecular complexity index is 5170. The van der Waals surface area contributed by atoms with Gasteiger partial charge in [-0.15, -0.1) is 0 Å². The molecule has 3 aromatic heterocycles. The first-order valence-electron chi connectivity index (χ1n) is 27.6. The van der Waals surface area contributed by atoms with E-state index in [1.807, 2.05) is 0 Å². The molecule has 1 aliphatic rings. The molecule has 80 heavy (non-hydrogen) atoms. The minimum Gasteiger partial charge on any atom is -0.309 e. The Balaban J connectivity index is 0.868. The van der Waals surface area contributed by atoms with Crippen molar-refractivity contribution in [1.29, 1.82) is 0 Å². The third kappa shape index (κ3) is 6.69. The highest BCUT2D eigenvalue weighted by Gasteiger charge is 2.29. The molecule has 0 saturated carbocycles. The molecule has 1 aliphatic heterocycles. The molecule has 0 spiro atoms. The van der Waals surface area contributed by atoms with Gasteiger partial charge in [-0.1, -0.05) is 176 Å². The van der Waals surface area contributed by atoms with Crippen molar-refractivity contribution in [2.45, 2.75) is 0 Å². The molecule has 0 aliphatic carbocycles. The van der Waals surface area contributed by atoms with Crippen LogP contribution in [-0.4, -0.2) is 13.7 Å². The molecule has 372 valence electrons. The van der Waals surface area contributed by atoms with Crippen LogP contribution in [-0.2, 0) is 0 Å². The van der Waals surface area contributed by atoms with Crippen molar-refractivity contribution < 1.29 is 0 Å². The molecule has 4 heteroatoms. The van der Waals surface area contributed by atoms with Crippen molar-refractivity contribution in [3.63, 3.8) is 0 Å². The minimum absolute atomic E-state index is 1.11. The average Bonchev–Trinajstić information content (AvgIpc) is 4.28. The van der Waals surface area contributed by atoms with Gasteiger partial charge in [0.1, 0.15) is 0 Å². The van der Waals surface area contributed by atoms with Crippen LogP contribution in [0.25, 0.3) is 138 Å². The van der Waals surface area contributed by atoms with Crippen LogP contribution in [0.3, 0.4) is 0 Å². The molecule has 0 bridgehead atoms. The summed E-state index contributed by atoms with van der Waals surface area (Å²) < 4.78 is 7.27. The molecular weight excluding hydrogens is 969 g/mol. The molecule has 17 rings (SSSR count). The van der Waals surface area contributed by atoms with E-state index in [0.29, 0.717) is 0 Å². The summed E-state index contributed by atoms with van der Waals surface area (Å²) in [7, 11) is 0. The number of hydrogen-bond acceptors (Lipinski definition) is 1. The predicted molar refractivity (Wildman–Crippen MR) is 337 cm³/mol. The van der Waals surface area contributed by atoms with Crippen LogP contribution in [0.4, 0.5) is 17.1 Å². The standard InChI is InChI=1S/C76H48N4/c1-4-18-49(19-5-1)53-36-39-72-65(44-53)67-47-66-62-32-16-20-50-21-17-35-73(76(50)62)80(59-29-15-23-52(43-59)55-38-41-71-64(46-55)61-31-11-13-34-69(61)78(71)57-26-8-3-9-27-57)74(66)48-75(67)79(72)58-28-14-22-51(42-58)54-37-40-70-63(45-54)60-30-10-12-33-68(60)77(70)56-24-6-2-7-25-56/h1-48H. The monoisotopic (exact) mass is 1020 g/mol. The van der Waals surface area contributed by atoms with Crippen molar-refractivity contribution in [2.75, 3.05) is 4.90 Å². The van der Waals surface area contributed by atoms with Gasteiger partial charge >= 0.3 is 0 Å². The second-order valence-corrected chi connectivity index (χ2v) is 21.3. The second kappa shape index (κ2) is 17.4. The number of nitrogens with zero attached hydrogens (tertiary/aromatic N) is 4. The highest BCUT2D eigenvalue weighted by molar-refractivity contribution is 6.20. The molecule has 0 unspecified atom stereocenters. The lowest BCUT2D eigenvalue weighted by Crippen LogP contribution is -2.15. The summed E-state index contributed by atoms with van der Waals surface area (Å²) >= 11 is 0. The predicted octanol–water partition coefficient (Wildman–Crippen LogP) is 20.6. The Kier molecular flexibility index (Phi) is 9.68. The van der Waals surface area contributed by atoms with Crippen molar-refractivity contribution in [3.05, 3.63) is 291 Å².